The van der Waals surface area contributed by atoms with Crippen molar-refractivity contribution in [2.24, 2.45) is 5.92 Å². The fraction of sp³-hybridized carbons (Fsp3) is 0.474. The Morgan fingerprint density at radius 2 is 2.08 bits per heavy atom. The predicted molar refractivity (Wildman–Crippen MR) is 95.9 cm³/mol. The molecule has 0 saturated heterocycles. The minimum atomic E-state index is -0.0306. The van der Waals surface area contributed by atoms with E-state index in [1.54, 1.807) is 6.07 Å². The van der Waals surface area contributed by atoms with E-state index in [2.05, 4.69) is 31.2 Å². The molecule has 0 aliphatic carbocycles. The van der Waals surface area contributed by atoms with Crippen LogP contribution in [0.2, 0.25) is 0 Å². The number of nitrogens with zero attached hydrogens (tertiary/aromatic N) is 2. The van der Waals surface area contributed by atoms with E-state index < -0.39 is 0 Å². The highest BCUT2D eigenvalue weighted by Crippen LogP contribution is 2.17. The van der Waals surface area contributed by atoms with Crippen LogP contribution in [-0.4, -0.2) is 20.8 Å². The lowest BCUT2D eigenvalue weighted by Gasteiger charge is -2.09. The van der Waals surface area contributed by atoms with Crippen LogP contribution in [0.25, 0.3) is 0 Å². The monoisotopic (exact) mass is 329 g/mol. The molecule has 0 spiro atoms. The largest absolute Gasteiger partial charge is 0.392 e. The van der Waals surface area contributed by atoms with Crippen molar-refractivity contribution in [3.8, 4) is 0 Å². The molecule has 2 rings (SSSR count). The Balaban J connectivity index is 1.97. The van der Waals surface area contributed by atoms with E-state index in [1.807, 2.05) is 29.8 Å². The number of benzene rings is 1. The zero-order valence-corrected chi connectivity index (χ0v) is 15.0. The minimum absolute atomic E-state index is 0.0273. The molecule has 5 nitrogen and oxygen atoms in total. The summed E-state index contributed by atoms with van der Waals surface area (Å²) < 4.78 is 2.04. The summed E-state index contributed by atoms with van der Waals surface area (Å²) in [6, 6.07) is 7.26. The molecule has 2 N–H and O–H groups in total. The van der Waals surface area contributed by atoms with Crippen LogP contribution in [0.4, 0.5) is 5.69 Å². The van der Waals surface area contributed by atoms with Gasteiger partial charge in [-0.25, -0.2) is 0 Å². The molecule has 0 unspecified atom stereocenters. The number of aliphatic hydroxyl groups is 1. The van der Waals surface area contributed by atoms with Crippen molar-refractivity contribution in [2.45, 2.75) is 53.7 Å². The molecule has 0 radical (unpaired) electrons. The SMILES string of the molecule is Cc1nn(CC(C)C)c(C)c1CCC(=O)Nc1cccc(CO)c1. The van der Waals surface area contributed by atoms with Crippen molar-refractivity contribution in [3.05, 3.63) is 46.8 Å². The number of amides is 1. The van der Waals surface area contributed by atoms with E-state index in [0.29, 0.717) is 18.8 Å². The van der Waals surface area contributed by atoms with Gasteiger partial charge < -0.3 is 10.4 Å². The van der Waals surface area contributed by atoms with Gasteiger partial charge in [-0.05, 0) is 49.4 Å². The molecule has 1 amide bonds. The number of anilines is 1. The van der Waals surface area contributed by atoms with Gasteiger partial charge in [-0.15, -0.1) is 0 Å². The first kappa shape index (κ1) is 18.2. The standard InChI is InChI=1S/C19H27N3O2/c1-13(2)11-22-15(4)18(14(3)21-22)8-9-19(24)20-17-7-5-6-16(10-17)12-23/h5-7,10,13,23H,8-9,11-12H2,1-4H3,(H,20,24). The molecule has 2 aromatic rings. The molecule has 0 aliphatic rings. The van der Waals surface area contributed by atoms with E-state index >= 15 is 0 Å². The Hall–Kier alpha value is -2.14. The fourth-order valence-electron chi connectivity index (χ4n) is 2.83. The van der Waals surface area contributed by atoms with Crippen LogP contribution in [0.3, 0.4) is 0 Å². The molecule has 0 atom stereocenters. The molecule has 24 heavy (non-hydrogen) atoms. The van der Waals surface area contributed by atoms with Crippen LogP contribution in [0, 0.1) is 19.8 Å². The van der Waals surface area contributed by atoms with Crippen molar-refractivity contribution in [2.75, 3.05) is 5.32 Å². The molecule has 0 saturated carbocycles. The Morgan fingerprint density at radius 1 is 1.33 bits per heavy atom. The zero-order valence-electron chi connectivity index (χ0n) is 15.0. The zero-order chi connectivity index (χ0) is 17.7. The molecule has 0 bridgehead atoms. The number of carbonyl (C=O) groups is 1. The smallest absolute Gasteiger partial charge is 0.224 e. The molecule has 1 aromatic heterocycles. The summed E-state index contributed by atoms with van der Waals surface area (Å²) in [5, 5.41) is 16.6. The van der Waals surface area contributed by atoms with Crippen molar-refractivity contribution in [1.82, 2.24) is 9.78 Å². The molecule has 0 fully saturated rings. The van der Waals surface area contributed by atoms with E-state index in [1.165, 1.54) is 0 Å². The summed E-state index contributed by atoms with van der Waals surface area (Å²) in [7, 11) is 0. The first-order chi connectivity index (χ1) is 11.4. The third kappa shape index (κ3) is 4.68. The lowest BCUT2D eigenvalue weighted by Crippen LogP contribution is -2.13. The summed E-state index contributed by atoms with van der Waals surface area (Å²) in [6.07, 6.45) is 1.10. The average Bonchev–Trinajstić information content (AvgIpc) is 2.79. The average molecular weight is 329 g/mol. The highest BCUT2D eigenvalue weighted by Gasteiger charge is 2.14. The van der Waals surface area contributed by atoms with Crippen LogP contribution in [-0.2, 0) is 24.4 Å². The van der Waals surface area contributed by atoms with Crippen LogP contribution >= 0.6 is 0 Å². The number of hydrogen-bond donors (Lipinski definition) is 2. The first-order valence-electron chi connectivity index (χ1n) is 8.43. The highest BCUT2D eigenvalue weighted by molar-refractivity contribution is 5.90. The summed E-state index contributed by atoms with van der Waals surface area (Å²) in [4.78, 5) is 12.2. The highest BCUT2D eigenvalue weighted by atomic mass is 16.3. The van der Waals surface area contributed by atoms with Crippen LogP contribution in [0.5, 0.6) is 0 Å². The quantitative estimate of drug-likeness (QED) is 0.819. The van der Waals surface area contributed by atoms with Crippen LogP contribution < -0.4 is 5.32 Å². The van der Waals surface area contributed by atoms with E-state index in [9.17, 15) is 4.79 Å². The number of hydrogen-bond acceptors (Lipinski definition) is 3. The third-order valence-corrected chi connectivity index (χ3v) is 4.06. The topological polar surface area (TPSA) is 67.2 Å². The number of nitrogens with one attached hydrogen (secondary N) is 1. The van der Waals surface area contributed by atoms with Gasteiger partial charge in [0.25, 0.3) is 0 Å². The number of aliphatic hydroxyl groups excluding tert-OH is 1. The van der Waals surface area contributed by atoms with E-state index in [-0.39, 0.29) is 12.5 Å². The van der Waals surface area contributed by atoms with Crippen LogP contribution in [0.1, 0.15) is 42.8 Å². The number of carbonyl (C=O) groups excluding carboxylic acids is 1. The van der Waals surface area contributed by atoms with Crippen molar-refractivity contribution in [1.29, 1.82) is 0 Å². The Morgan fingerprint density at radius 3 is 2.75 bits per heavy atom. The lowest BCUT2D eigenvalue weighted by atomic mass is 10.1. The Kier molecular flexibility index (Phi) is 6.15. The van der Waals surface area contributed by atoms with Crippen LogP contribution in [0.15, 0.2) is 24.3 Å². The second-order valence-corrected chi connectivity index (χ2v) is 6.63. The van der Waals surface area contributed by atoms with Gasteiger partial charge in [0.2, 0.25) is 5.91 Å². The molecule has 0 aliphatic heterocycles. The number of aromatic nitrogens is 2. The third-order valence-electron chi connectivity index (χ3n) is 4.06. The fourth-order valence-corrected chi connectivity index (χ4v) is 2.83. The normalized spacial score (nSPS) is 11.1. The van der Waals surface area contributed by atoms with E-state index in [4.69, 9.17) is 5.11 Å². The van der Waals surface area contributed by atoms with Crippen molar-refractivity contribution in [3.63, 3.8) is 0 Å². The maximum atomic E-state index is 12.2. The summed E-state index contributed by atoms with van der Waals surface area (Å²) in [5.74, 6) is 0.512. The first-order valence-corrected chi connectivity index (χ1v) is 8.43. The Labute approximate surface area is 143 Å². The lowest BCUT2D eigenvalue weighted by molar-refractivity contribution is -0.116. The van der Waals surface area contributed by atoms with Crippen molar-refractivity contribution < 1.29 is 9.90 Å². The maximum absolute atomic E-state index is 12.2. The number of rotatable bonds is 7. The summed E-state index contributed by atoms with van der Waals surface area (Å²) >= 11 is 0. The predicted octanol–water partition coefficient (Wildman–Crippen LogP) is 3.22. The van der Waals surface area contributed by atoms with Gasteiger partial charge in [0.1, 0.15) is 0 Å². The molecule has 1 aromatic carbocycles. The summed E-state index contributed by atoms with van der Waals surface area (Å²) in [5.41, 5.74) is 4.82. The molecule has 5 heteroatoms. The van der Waals surface area contributed by atoms with Gasteiger partial charge in [-0.1, -0.05) is 26.0 Å². The number of aryl methyl sites for hydroxylation is 1. The minimum Gasteiger partial charge on any atom is -0.392 e. The molecular weight excluding hydrogens is 302 g/mol. The van der Waals surface area contributed by atoms with Gasteiger partial charge in [0.05, 0.1) is 12.3 Å². The Bertz CT molecular complexity index is 705. The van der Waals surface area contributed by atoms with E-state index in [0.717, 1.165) is 34.7 Å². The van der Waals surface area contributed by atoms with Crippen molar-refractivity contribution >= 4 is 11.6 Å². The van der Waals surface area contributed by atoms with Gasteiger partial charge in [-0.3, -0.25) is 9.48 Å². The molecule has 1 heterocycles. The maximum Gasteiger partial charge on any atom is 0.224 e. The van der Waals surface area contributed by atoms with Gasteiger partial charge >= 0.3 is 0 Å². The van der Waals surface area contributed by atoms with Gasteiger partial charge in [0.15, 0.2) is 0 Å². The summed E-state index contributed by atoms with van der Waals surface area (Å²) in [6.45, 7) is 9.28. The second-order valence-electron chi connectivity index (χ2n) is 6.63. The van der Waals surface area contributed by atoms with Gasteiger partial charge in [0, 0.05) is 24.3 Å². The molecular formula is C19H27N3O2. The molecule has 130 valence electrons. The van der Waals surface area contributed by atoms with Gasteiger partial charge in [-0.2, -0.15) is 5.10 Å². The second kappa shape index (κ2) is 8.11.